The third-order valence-corrected chi connectivity index (χ3v) is 3.20. The molecule has 0 saturated carbocycles. The van der Waals surface area contributed by atoms with Crippen LogP contribution in [0.5, 0.6) is 0 Å². The summed E-state index contributed by atoms with van der Waals surface area (Å²) in [6.07, 6.45) is 1.56. The Morgan fingerprint density at radius 2 is 1.73 bits per heavy atom. The van der Waals surface area contributed by atoms with Crippen molar-refractivity contribution in [1.29, 1.82) is 0 Å². The highest BCUT2D eigenvalue weighted by Crippen LogP contribution is 2.12. The first-order valence-electron chi connectivity index (χ1n) is 7.66. The summed E-state index contributed by atoms with van der Waals surface area (Å²) in [5.41, 5.74) is 1.06. The van der Waals surface area contributed by atoms with E-state index >= 15 is 0 Å². The van der Waals surface area contributed by atoms with Crippen molar-refractivity contribution in [3.8, 4) is 0 Å². The number of hydrogen-bond donors (Lipinski definition) is 1. The molecule has 5 nitrogen and oxygen atoms in total. The lowest BCUT2D eigenvalue weighted by Gasteiger charge is -2.21. The Hall–Kier alpha value is -2.17. The van der Waals surface area contributed by atoms with Crippen LogP contribution < -0.4 is 5.32 Å². The monoisotopic (exact) mass is 304 g/mol. The van der Waals surface area contributed by atoms with E-state index in [1.807, 2.05) is 13.8 Å². The van der Waals surface area contributed by atoms with Crippen LogP contribution in [-0.4, -0.2) is 35.6 Å². The maximum absolute atomic E-state index is 12.1. The van der Waals surface area contributed by atoms with Crippen molar-refractivity contribution in [2.45, 2.75) is 40.0 Å². The molecule has 0 aromatic heterocycles. The van der Waals surface area contributed by atoms with Gasteiger partial charge in [0, 0.05) is 24.3 Å². The van der Waals surface area contributed by atoms with Gasteiger partial charge in [-0.15, -0.1) is 0 Å². The van der Waals surface area contributed by atoms with Crippen molar-refractivity contribution >= 4 is 23.3 Å². The minimum Gasteiger partial charge on any atom is -0.342 e. The predicted molar refractivity (Wildman–Crippen MR) is 86.9 cm³/mol. The zero-order valence-corrected chi connectivity index (χ0v) is 13.5. The molecule has 0 atom stereocenters. The summed E-state index contributed by atoms with van der Waals surface area (Å²) in [6, 6.07) is 6.70. The van der Waals surface area contributed by atoms with Gasteiger partial charge in [0.05, 0.1) is 0 Å². The molecule has 0 bridgehead atoms. The number of Topliss-reactive ketones (excluding diaryl/α,β-unsaturated/α-hetero) is 1. The van der Waals surface area contributed by atoms with E-state index in [1.54, 1.807) is 29.2 Å². The summed E-state index contributed by atoms with van der Waals surface area (Å²) in [6.45, 7) is 6.81. The molecular formula is C17H24N2O3. The summed E-state index contributed by atoms with van der Waals surface area (Å²) in [4.78, 5) is 37.1. The minimum absolute atomic E-state index is 0.0655. The first-order valence-corrected chi connectivity index (χ1v) is 7.66. The van der Waals surface area contributed by atoms with E-state index in [1.165, 1.54) is 6.92 Å². The standard InChI is InChI=1S/C17H24N2O3/c1-4-9-19(10-5-2)17(22)12-16(21)18-15-8-6-7-14(11-15)13(3)20/h6-8,11H,4-5,9-10,12H2,1-3H3,(H,18,21). The van der Waals surface area contributed by atoms with Crippen LogP contribution in [0.15, 0.2) is 24.3 Å². The third kappa shape index (κ3) is 5.68. The maximum Gasteiger partial charge on any atom is 0.233 e. The van der Waals surface area contributed by atoms with E-state index in [-0.39, 0.29) is 24.0 Å². The molecule has 0 saturated heterocycles. The second-order valence-electron chi connectivity index (χ2n) is 5.24. The Bertz CT molecular complexity index is 534. The molecule has 1 aromatic rings. The minimum atomic E-state index is -0.358. The fourth-order valence-electron chi connectivity index (χ4n) is 2.17. The normalized spacial score (nSPS) is 10.1. The SMILES string of the molecule is CCCN(CCC)C(=O)CC(=O)Nc1cccc(C(C)=O)c1. The predicted octanol–water partition coefficient (Wildman–Crippen LogP) is 2.87. The summed E-state index contributed by atoms with van der Waals surface area (Å²) in [7, 11) is 0. The second-order valence-corrected chi connectivity index (χ2v) is 5.24. The number of carbonyl (C=O) groups excluding carboxylic acids is 3. The number of carbonyl (C=O) groups is 3. The maximum atomic E-state index is 12.1. The largest absolute Gasteiger partial charge is 0.342 e. The van der Waals surface area contributed by atoms with Crippen molar-refractivity contribution in [1.82, 2.24) is 4.90 Å². The number of anilines is 1. The molecule has 120 valence electrons. The third-order valence-electron chi connectivity index (χ3n) is 3.20. The first kappa shape index (κ1) is 17.9. The molecule has 22 heavy (non-hydrogen) atoms. The summed E-state index contributed by atoms with van der Waals surface area (Å²) in [5.74, 6) is -0.587. The van der Waals surface area contributed by atoms with Gasteiger partial charge in [-0.05, 0) is 31.9 Å². The van der Waals surface area contributed by atoms with Gasteiger partial charge in [0.2, 0.25) is 11.8 Å². The molecule has 0 aliphatic carbocycles. The molecular weight excluding hydrogens is 280 g/mol. The number of nitrogens with zero attached hydrogens (tertiary/aromatic N) is 1. The summed E-state index contributed by atoms with van der Waals surface area (Å²) in [5, 5.41) is 2.67. The fraction of sp³-hybridized carbons (Fsp3) is 0.471. The Kier molecular flexibility index (Phi) is 7.29. The lowest BCUT2D eigenvalue weighted by molar-refractivity contribution is -0.134. The molecule has 1 N–H and O–H groups in total. The number of rotatable bonds is 8. The Labute approximate surface area is 131 Å². The van der Waals surface area contributed by atoms with Gasteiger partial charge in [0.1, 0.15) is 6.42 Å². The summed E-state index contributed by atoms with van der Waals surface area (Å²) >= 11 is 0. The van der Waals surface area contributed by atoms with Crippen molar-refractivity contribution in [3.63, 3.8) is 0 Å². The first-order chi connectivity index (χ1) is 10.5. The van der Waals surface area contributed by atoms with E-state index in [2.05, 4.69) is 5.32 Å². The number of nitrogens with one attached hydrogen (secondary N) is 1. The Balaban J connectivity index is 2.63. The van der Waals surface area contributed by atoms with Gasteiger partial charge in [0.15, 0.2) is 5.78 Å². The van der Waals surface area contributed by atoms with Crippen molar-refractivity contribution in [2.75, 3.05) is 18.4 Å². The van der Waals surface area contributed by atoms with Gasteiger partial charge in [-0.1, -0.05) is 26.0 Å². The quantitative estimate of drug-likeness (QED) is 0.593. The van der Waals surface area contributed by atoms with Crippen molar-refractivity contribution in [3.05, 3.63) is 29.8 Å². The number of benzene rings is 1. The van der Waals surface area contributed by atoms with Crippen LogP contribution in [0.4, 0.5) is 5.69 Å². The fourth-order valence-corrected chi connectivity index (χ4v) is 2.17. The van der Waals surface area contributed by atoms with E-state index in [0.717, 1.165) is 12.8 Å². The lowest BCUT2D eigenvalue weighted by atomic mass is 10.1. The average molecular weight is 304 g/mol. The van der Waals surface area contributed by atoms with Crippen LogP contribution in [0, 0.1) is 0 Å². The number of amides is 2. The average Bonchev–Trinajstić information content (AvgIpc) is 2.47. The molecule has 0 unspecified atom stereocenters. The number of ketones is 1. The molecule has 1 aromatic carbocycles. The second kappa shape index (κ2) is 8.97. The molecule has 2 amide bonds. The molecule has 0 radical (unpaired) electrons. The highest BCUT2D eigenvalue weighted by molar-refractivity contribution is 6.04. The van der Waals surface area contributed by atoms with E-state index in [4.69, 9.17) is 0 Å². The van der Waals surface area contributed by atoms with Crippen LogP contribution in [-0.2, 0) is 9.59 Å². The lowest BCUT2D eigenvalue weighted by Crippen LogP contribution is -2.35. The molecule has 0 heterocycles. The molecule has 0 spiro atoms. The van der Waals surface area contributed by atoms with Gasteiger partial charge in [0.25, 0.3) is 0 Å². The number of hydrogen-bond acceptors (Lipinski definition) is 3. The van der Waals surface area contributed by atoms with Gasteiger partial charge >= 0.3 is 0 Å². The van der Waals surface area contributed by atoms with E-state index in [0.29, 0.717) is 24.3 Å². The highest BCUT2D eigenvalue weighted by Gasteiger charge is 2.16. The molecule has 0 aliphatic rings. The smallest absolute Gasteiger partial charge is 0.233 e. The van der Waals surface area contributed by atoms with E-state index < -0.39 is 0 Å². The Morgan fingerprint density at radius 3 is 2.27 bits per heavy atom. The van der Waals surface area contributed by atoms with Gasteiger partial charge in [-0.2, -0.15) is 0 Å². The van der Waals surface area contributed by atoms with E-state index in [9.17, 15) is 14.4 Å². The van der Waals surface area contributed by atoms with Crippen LogP contribution >= 0.6 is 0 Å². The molecule has 0 fully saturated rings. The molecule has 5 heteroatoms. The van der Waals surface area contributed by atoms with Gasteiger partial charge < -0.3 is 10.2 Å². The highest BCUT2D eigenvalue weighted by atomic mass is 16.2. The van der Waals surface area contributed by atoms with Crippen LogP contribution in [0.3, 0.4) is 0 Å². The van der Waals surface area contributed by atoms with Gasteiger partial charge in [-0.3, -0.25) is 14.4 Å². The van der Waals surface area contributed by atoms with Crippen LogP contribution in [0.2, 0.25) is 0 Å². The van der Waals surface area contributed by atoms with Crippen molar-refractivity contribution in [2.24, 2.45) is 0 Å². The molecule has 1 rings (SSSR count). The zero-order valence-electron chi connectivity index (χ0n) is 13.5. The van der Waals surface area contributed by atoms with Gasteiger partial charge in [-0.25, -0.2) is 0 Å². The zero-order chi connectivity index (χ0) is 16.5. The Morgan fingerprint density at radius 1 is 1.09 bits per heavy atom. The van der Waals surface area contributed by atoms with Crippen molar-refractivity contribution < 1.29 is 14.4 Å². The summed E-state index contributed by atoms with van der Waals surface area (Å²) < 4.78 is 0. The van der Waals surface area contributed by atoms with Crippen LogP contribution in [0.1, 0.15) is 50.4 Å². The topological polar surface area (TPSA) is 66.5 Å². The van der Waals surface area contributed by atoms with Crippen LogP contribution in [0.25, 0.3) is 0 Å². The molecule has 0 aliphatic heterocycles.